The van der Waals surface area contributed by atoms with Gasteiger partial charge in [-0.3, -0.25) is 0 Å². The second-order valence-electron chi connectivity index (χ2n) is 4.22. The molecule has 3 N–H and O–H groups in total. The highest BCUT2D eigenvalue weighted by Gasteiger charge is 2.28. The van der Waals surface area contributed by atoms with Crippen LogP contribution < -0.4 is 5.73 Å². The first-order valence-electron chi connectivity index (χ1n) is 5.57. The predicted molar refractivity (Wildman–Crippen MR) is 60.2 cm³/mol. The van der Waals surface area contributed by atoms with Crippen molar-refractivity contribution >= 4 is 17.1 Å². The lowest BCUT2D eigenvalue weighted by atomic mass is 10.2. The van der Waals surface area contributed by atoms with Gasteiger partial charge >= 0.3 is 0 Å². The Hall–Kier alpha value is -1.80. The number of aromatic nitrogens is 4. The summed E-state index contributed by atoms with van der Waals surface area (Å²) in [6.45, 7) is 0.400. The van der Waals surface area contributed by atoms with Crippen molar-refractivity contribution in [2.45, 2.75) is 18.6 Å². The van der Waals surface area contributed by atoms with E-state index in [4.69, 9.17) is 15.6 Å². The Labute approximate surface area is 101 Å². The summed E-state index contributed by atoms with van der Waals surface area (Å²) in [4.78, 5) is 11.4. The third kappa shape index (κ3) is 1.70. The molecule has 1 aliphatic rings. The van der Waals surface area contributed by atoms with Crippen molar-refractivity contribution in [3.63, 3.8) is 0 Å². The Kier molecular flexibility index (Phi) is 2.60. The first-order chi connectivity index (χ1) is 8.69. The molecule has 2 aromatic heterocycles. The number of hydrogen-bond acceptors (Lipinski definition) is 6. The molecular formula is C10H12FN5O2. The standard InChI is InChI=1S/C10H12FN5O2/c11-8-7-9(15-10(12)14-8)16(4-13-7)5-1-6(2-17)18-3-5/h4-6,17H,1-3H2,(H2,12,14,15)/t5-,6-/m1/s1. The molecule has 0 bridgehead atoms. The number of hydrogen-bond donors (Lipinski definition) is 2. The first-order valence-corrected chi connectivity index (χ1v) is 5.57. The largest absolute Gasteiger partial charge is 0.394 e. The number of aliphatic hydroxyl groups excluding tert-OH is 1. The van der Waals surface area contributed by atoms with E-state index in [-0.39, 0.29) is 30.2 Å². The van der Waals surface area contributed by atoms with Gasteiger partial charge in [0.05, 0.1) is 31.7 Å². The summed E-state index contributed by atoms with van der Waals surface area (Å²) in [5.41, 5.74) is 5.88. The fourth-order valence-corrected chi connectivity index (χ4v) is 2.17. The topological polar surface area (TPSA) is 99.1 Å². The highest BCUT2D eigenvalue weighted by molar-refractivity contribution is 5.71. The second-order valence-corrected chi connectivity index (χ2v) is 4.22. The maximum atomic E-state index is 13.5. The Balaban J connectivity index is 2.03. The van der Waals surface area contributed by atoms with E-state index in [1.807, 2.05) is 0 Å². The van der Waals surface area contributed by atoms with Crippen molar-refractivity contribution in [3.8, 4) is 0 Å². The molecule has 1 aliphatic heterocycles. The van der Waals surface area contributed by atoms with Crippen LogP contribution in [-0.2, 0) is 4.74 Å². The van der Waals surface area contributed by atoms with Crippen molar-refractivity contribution in [1.29, 1.82) is 0 Å². The lowest BCUT2D eigenvalue weighted by Gasteiger charge is -2.10. The van der Waals surface area contributed by atoms with Gasteiger partial charge in [-0.25, -0.2) is 4.98 Å². The molecule has 96 valence electrons. The van der Waals surface area contributed by atoms with E-state index < -0.39 is 5.95 Å². The molecule has 1 fully saturated rings. The van der Waals surface area contributed by atoms with Gasteiger partial charge in [0.15, 0.2) is 11.2 Å². The van der Waals surface area contributed by atoms with E-state index in [2.05, 4.69) is 15.0 Å². The molecule has 18 heavy (non-hydrogen) atoms. The van der Waals surface area contributed by atoms with Gasteiger partial charge in [0, 0.05) is 0 Å². The van der Waals surface area contributed by atoms with Crippen LogP contribution in [0.3, 0.4) is 0 Å². The Bertz CT molecular complexity index is 587. The number of fused-ring (bicyclic) bond motifs is 1. The highest BCUT2D eigenvalue weighted by atomic mass is 19.1. The van der Waals surface area contributed by atoms with E-state index in [1.54, 1.807) is 4.57 Å². The van der Waals surface area contributed by atoms with Gasteiger partial charge < -0.3 is 20.1 Å². The molecule has 0 amide bonds. The van der Waals surface area contributed by atoms with Gasteiger partial charge in [-0.1, -0.05) is 0 Å². The molecule has 1 saturated heterocycles. The number of nitrogens with zero attached hydrogens (tertiary/aromatic N) is 4. The zero-order valence-corrected chi connectivity index (χ0v) is 9.45. The van der Waals surface area contributed by atoms with Crippen LogP contribution >= 0.6 is 0 Å². The summed E-state index contributed by atoms with van der Waals surface area (Å²) < 4.78 is 20.6. The monoisotopic (exact) mass is 253 g/mol. The number of rotatable bonds is 2. The molecule has 3 heterocycles. The van der Waals surface area contributed by atoms with Crippen molar-refractivity contribution in [2.75, 3.05) is 18.9 Å². The summed E-state index contributed by atoms with van der Waals surface area (Å²) in [7, 11) is 0. The molecule has 3 rings (SSSR count). The molecule has 2 atom stereocenters. The lowest BCUT2D eigenvalue weighted by Crippen LogP contribution is -2.12. The summed E-state index contributed by atoms with van der Waals surface area (Å²) in [6, 6.07) is -0.0270. The van der Waals surface area contributed by atoms with Crippen LogP contribution in [0.2, 0.25) is 0 Å². The lowest BCUT2D eigenvalue weighted by molar-refractivity contribution is 0.0576. The summed E-state index contributed by atoms with van der Waals surface area (Å²) in [5.74, 6) is -0.853. The highest BCUT2D eigenvalue weighted by Crippen LogP contribution is 2.27. The van der Waals surface area contributed by atoms with Gasteiger partial charge in [0.25, 0.3) is 0 Å². The molecule has 0 spiro atoms. The average molecular weight is 253 g/mol. The summed E-state index contributed by atoms with van der Waals surface area (Å²) in [6.07, 6.45) is 1.93. The Morgan fingerprint density at radius 1 is 1.56 bits per heavy atom. The first kappa shape index (κ1) is 11.3. The Morgan fingerprint density at radius 3 is 3.11 bits per heavy atom. The zero-order chi connectivity index (χ0) is 12.7. The molecule has 0 saturated carbocycles. The number of anilines is 1. The van der Waals surface area contributed by atoms with Crippen LogP contribution in [0.5, 0.6) is 0 Å². The number of imidazole rings is 1. The van der Waals surface area contributed by atoms with E-state index in [9.17, 15) is 4.39 Å². The molecule has 0 aromatic carbocycles. The number of nitrogens with two attached hydrogens (primary N) is 1. The van der Waals surface area contributed by atoms with Crippen LogP contribution in [0.15, 0.2) is 6.33 Å². The van der Waals surface area contributed by atoms with Crippen molar-refractivity contribution < 1.29 is 14.2 Å². The summed E-state index contributed by atoms with van der Waals surface area (Å²) in [5, 5.41) is 9.03. The van der Waals surface area contributed by atoms with Gasteiger partial charge in [-0.05, 0) is 6.42 Å². The second kappa shape index (κ2) is 4.14. The molecule has 0 aliphatic carbocycles. The summed E-state index contributed by atoms with van der Waals surface area (Å²) >= 11 is 0. The van der Waals surface area contributed by atoms with Crippen LogP contribution in [0.1, 0.15) is 12.5 Å². The fourth-order valence-electron chi connectivity index (χ4n) is 2.17. The van der Waals surface area contributed by atoms with Crippen molar-refractivity contribution in [3.05, 3.63) is 12.3 Å². The minimum Gasteiger partial charge on any atom is -0.394 e. The Morgan fingerprint density at radius 2 is 2.39 bits per heavy atom. The third-order valence-electron chi connectivity index (χ3n) is 3.05. The van der Waals surface area contributed by atoms with Crippen LogP contribution in [-0.4, -0.2) is 43.9 Å². The van der Waals surface area contributed by atoms with Gasteiger partial charge in [-0.2, -0.15) is 14.4 Å². The molecular weight excluding hydrogens is 241 g/mol. The minimum absolute atomic E-state index is 0.0270. The van der Waals surface area contributed by atoms with Gasteiger partial charge in [-0.15, -0.1) is 0 Å². The smallest absolute Gasteiger partial charge is 0.245 e. The van der Waals surface area contributed by atoms with E-state index in [0.717, 1.165) is 0 Å². The van der Waals surface area contributed by atoms with E-state index in [1.165, 1.54) is 6.33 Å². The molecule has 0 unspecified atom stereocenters. The zero-order valence-electron chi connectivity index (χ0n) is 9.45. The average Bonchev–Trinajstić information content (AvgIpc) is 2.93. The molecule has 8 heteroatoms. The fraction of sp³-hybridized carbons (Fsp3) is 0.500. The quantitative estimate of drug-likeness (QED) is 0.723. The van der Waals surface area contributed by atoms with E-state index >= 15 is 0 Å². The maximum Gasteiger partial charge on any atom is 0.245 e. The van der Waals surface area contributed by atoms with Gasteiger partial charge in [0.1, 0.15) is 0 Å². The number of aliphatic hydroxyl groups is 1. The number of nitrogen functional groups attached to an aromatic ring is 1. The molecule has 0 radical (unpaired) electrons. The predicted octanol–water partition coefficient (Wildman–Crippen LogP) is -0.130. The minimum atomic E-state index is -0.728. The molecule has 2 aromatic rings. The normalized spacial score (nSPS) is 23.9. The maximum absolute atomic E-state index is 13.5. The molecule has 7 nitrogen and oxygen atoms in total. The third-order valence-corrected chi connectivity index (χ3v) is 3.05. The number of ether oxygens (including phenoxy) is 1. The SMILES string of the molecule is Nc1nc(F)c2ncn([C@H]3CO[C@@H](CO)C3)c2n1. The number of halogens is 1. The van der Waals surface area contributed by atoms with Crippen molar-refractivity contribution in [2.24, 2.45) is 0 Å². The van der Waals surface area contributed by atoms with Crippen LogP contribution in [0, 0.1) is 5.95 Å². The van der Waals surface area contributed by atoms with Crippen molar-refractivity contribution in [1.82, 2.24) is 19.5 Å². The van der Waals surface area contributed by atoms with E-state index in [0.29, 0.717) is 18.7 Å². The van der Waals surface area contributed by atoms with Crippen LogP contribution in [0.25, 0.3) is 11.2 Å². The van der Waals surface area contributed by atoms with Gasteiger partial charge in [0.2, 0.25) is 11.9 Å². The van der Waals surface area contributed by atoms with Crippen LogP contribution in [0.4, 0.5) is 10.3 Å².